The lowest BCUT2D eigenvalue weighted by atomic mass is 9.85. The van der Waals surface area contributed by atoms with Crippen LogP contribution in [0.5, 0.6) is 0 Å². The third-order valence-electron chi connectivity index (χ3n) is 4.19. The number of carbonyl (C=O) groups is 1. The highest BCUT2D eigenvalue weighted by atomic mass is 79.9. The van der Waals surface area contributed by atoms with Gasteiger partial charge in [-0.05, 0) is 54.6 Å². The van der Waals surface area contributed by atoms with Gasteiger partial charge in [-0.1, -0.05) is 41.9 Å². The van der Waals surface area contributed by atoms with Crippen LogP contribution in [0.15, 0.2) is 58.3 Å². The zero-order chi connectivity index (χ0) is 20.2. The van der Waals surface area contributed by atoms with E-state index in [4.69, 9.17) is 4.55 Å². The number of rotatable bonds is 7. The molecule has 2 rings (SSSR count). The number of thioether (sulfide) groups is 1. The van der Waals surface area contributed by atoms with Crippen molar-refractivity contribution in [2.75, 3.05) is 11.6 Å². The minimum Gasteiger partial charge on any atom is -0.326 e. The Morgan fingerprint density at radius 3 is 2.19 bits per heavy atom. The summed E-state index contributed by atoms with van der Waals surface area (Å²) in [7, 11) is -4.21. The van der Waals surface area contributed by atoms with Gasteiger partial charge in [0, 0.05) is 20.8 Å². The number of hydrogen-bond donors (Lipinski definition) is 2. The molecule has 0 heterocycles. The maximum absolute atomic E-state index is 12.7. The first-order valence-corrected chi connectivity index (χ1v) is 11.8. The molecule has 0 bridgehead atoms. The Kier molecular flexibility index (Phi) is 7.13. The topological polar surface area (TPSA) is 83.5 Å². The number of halogens is 1. The molecule has 2 aromatic carbocycles. The Morgan fingerprint density at radius 2 is 1.70 bits per heavy atom. The molecule has 0 saturated heterocycles. The fourth-order valence-corrected chi connectivity index (χ4v) is 4.48. The highest BCUT2D eigenvalue weighted by Gasteiger charge is 2.31. The van der Waals surface area contributed by atoms with E-state index in [0.29, 0.717) is 6.42 Å². The van der Waals surface area contributed by atoms with Crippen molar-refractivity contribution >= 4 is 49.4 Å². The van der Waals surface area contributed by atoms with E-state index in [-0.39, 0.29) is 15.6 Å². The van der Waals surface area contributed by atoms with Gasteiger partial charge in [0.25, 0.3) is 10.1 Å². The third-order valence-corrected chi connectivity index (χ3v) is 6.66. The van der Waals surface area contributed by atoms with Crippen LogP contribution in [0.3, 0.4) is 0 Å². The SMILES string of the molecule is CSc1ccc(NC(=O)C(C)(C)CC(Br)c2ccc(S(=O)(=O)O)cc2)cc1. The van der Waals surface area contributed by atoms with Crippen LogP contribution in [-0.4, -0.2) is 25.1 Å². The molecule has 0 aliphatic heterocycles. The average Bonchev–Trinajstić information content (AvgIpc) is 2.61. The van der Waals surface area contributed by atoms with Crippen LogP contribution in [-0.2, 0) is 14.9 Å². The summed E-state index contributed by atoms with van der Waals surface area (Å²) < 4.78 is 31.3. The van der Waals surface area contributed by atoms with Crippen molar-refractivity contribution in [3.05, 3.63) is 54.1 Å². The fourth-order valence-electron chi connectivity index (χ4n) is 2.48. The fraction of sp³-hybridized carbons (Fsp3) is 0.316. The predicted molar refractivity (Wildman–Crippen MR) is 113 cm³/mol. The summed E-state index contributed by atoms with van der Waals surface area (Å²) in [5, 5.41) is 2.94. The largest absolute Gasteiger partial charge is 0.326 e. The van der Waals surface area contributed by atoms with Gasteiger partial charge in [0.05, 0.1) is 4.90 Å². The van der Waals surface area contributed by atoms with Crippen LogP contribution in [0.4, 0.5) is 5.69 Å². The van der Waals surface area contributed by atoms with Crippen molar-refractivity contribution in [3.63, 3.8) is 0 Å². The maximum atomic E-state index is 12.7. The normalized spacial score (nSPS) is 13.2. The lowest BCUT2D eigenvalue weighted by molar-refractivity contribution is -0.124. The summed E-state index contributed by atoms with van der Waals surface area (Å²) in [5.74, 6) is -0.0987. The van der Waals surface area contributed by atoms with E-state index in [0.717, 1.165) is 16.1 Å². The Hall–Kier alpha value is -1.35. The van der Waals surface area contributed by atoms with E-state index < -0.39 is 15.5 Å². The summed E-state index contributed by atoms with van der Waals surface area (Å²) in [6.07, 6.45) is 2.50. The molecule has 0 saturated carbocycles. The number of hydrogen-bond acceptors (Lipinski definition) is 4. The molecule has 0 spiro atoms. The molecule has 8 heteroatoms. The number of anilines is 1. The van der Waals surface area contributed by atoms with Crippen molar-refractivity contribution in [1.29, 1.82) is 0 Å². The monoisotopic (exact) mass is 471 g/mol. The average molecular weight is 472 g/mol. The second-order valence-electron chi connectivity index (χ2n) is 6.78. The molecule has 2 aromatic rings. The Morgan fingerprint density at radius 1 is 1.15 bits per heavy atom. The van der Waals surface area contributed by atoms with E-state index in [9.17, 15) is 13.2 Å². The van der Waals surface area contributed by atoms with Gasteiger partial charge in [-0.25, -0.2) is 0 Å². The van der Waals surface area contributed by atoms with Gasteiger partial charge in [-0.2, -0.15) is 8.42 Å². The molecular weight excluding hydrogens is 450 g/mol. The minimum absolute atomic E-state index is 0.0987. The Bertz CT molecular complexity index is 894. The molecule has 1 unspecified atom stereocenters. The molecule has 0 aromatic heterocycles. The van der Waals surface area contributed by atoms with Crippen LogP contribution in [0, 0.1) is 5.41 Å². The number of alkyl halides is 1. The molecule has 2 N–H and O–H groups in total. The minimum atomic E-state index is -4.21. The van der Waals surface area contributed by atoms with Crippen LogP contribution in [0.1, 0.15) is 30.7 Å². The molecule has 0 aliphatic carbocycles. The van der Waals surface area contributed by atoms with E-state index in [1.807, 2.05) is 44.4 Å². The molecule has 146 valence electrons. The van der Waals surface area contributed by atoms with E-state index in [2.05, 4.69) is 21.2 Å². The van der Waals surface area contributed by atoms with E-state index in [1.54, 1.807) is 23.9 Å². The van der Waals surface area contributed by atoms with Crippen molar-refractivity contribution in [1.82, 2.24) is 0 Å². The lowest BCUT2D eigenvalue weighted by Gasteiger charge is -2.26. The molecule has 1 amide bonds. The van der Waals surface area contributed by atoms with Gasteiger partial charge in [0.15, 0.2) is 0 Å². The molecule has 0 radical (unpaired) electrons. The standard InChI is InChI=1S/C19H22BrNO4S2/c1-19(2,18(22)21-14-6-8-15(26-3)9-7-14)12-17(20)13-4-10-16(11-5-13)27(23,24)25/h4-11,17H,12H2,1-3H3,(H,21,22)(H,23,24,25). The number of amides is 1. The molecule has 27 heavy (non-hydrogen) atoms. The smallest absolute Gasteiger partial charge is 0.294 e. The zero-order valence-electron chi connectivity index (χ0n) is 15.3. The van der Waals surface area contributed by atoms with Gasteiger partial charge in [-0.15, -0.1) is 11.8 Å². The second-order valence-corrected chi connectivity index (χ2v) is 10.2. The number of nitrogens with one attached hydrogen (secondary N) is 1. The summed E-state index contributed by atoms with van der Waals surface area (Å²) in [6.45, 7) is 3.72. The molecule has 5 nitrogen and oxygen atoms in total. The van der Waals surface area contributed by atoms with E-state index >= 15 is 0 Å². The Balaban J connectivity index is 2.05. The van der Waals surface area contributed by atoms with Crippen molar-refractivity contribution in [3.8, 4) is 0 Å². The molecule has 1 atom stereocenters. The first-order chi connectivity index (χ1) is 12.5. The molecular formula is C19H22BrNO4S2. The number of benzene rings is 2. The summed E-state index contributed by atoms with van der Waals surface area (Å²) in [4.78, 5) is 13.5. The molecule has 0 aliphatic rings. The second kappa shape index (κ2) is 8.77. The first kappa shape index (κ1) is 21.9. The van der Waals surface area contributed by atoms with Crippen LogP contribution >= 0.6 is 27.7 Å². The zero-order valence-corrected chi connectivity index (χ0v) is 18.5. The predicted octanol–water partition coefficient (Wildman–Crippen LogP) is 5.15. The number of carbonyl (C=O) groups excluding carboxylic acids is 1. The summed E-state index contributed by atoms with van der Waals surface area (Å²) in [6, 6.07) is 13.6. The third kappa shape index (κ3) is 6.07. The Labute approximate surface area is 172 Å². The van der Waals surface area contributed by atoms with Gasteiger partial charge in [-0.3, -0.25) is 9.35 Å². The lowest BCUT2D eigenvalue weighted by Crippen LogP contribution is -2.31. The van der Waals surface area contributed by atoms with Crippen LogP contribution in [0.25, 0.3) is 0 Å². The first-order valence-electron chi connectivity index (χ1n) is 8.20. The van der Waals surface area contributed by atoms with Crippen LogP contribution < -0.4 is 5.32 Å². The van der Waals surface area contributed by atoms with Gasteiger partial charge in [0.2, 0.25) is 5.91 Å². The van der Waals surface area contributed by atoms with E-state index in [1.165, 1.54) is 12.1 Å². The summed E-state index contributed by atoms with van der Waals surface area (Å²) >= 11 is 5.21. The highest BCUT2D eigenvalue weighted by Crippen LogP contribution is 2.37. The van der Waals surface area contributed by atoms with Gasteiger partial charge < -0.3 is 5.32 Å². The summed E-state index contributed by atoms with van der Waals surface area (Å²) in [5.41, 5.74) is 0.913. The highest BCUT2D eigenvalue weighted by molar-refractivity contribution is 9.09. The van der Waals surface area contributed by atoms with Crippen molar-refractivity contribution < 1.29 is 17.8 Å². The molecule has 0 fully saturated rings. The van der Waals surface area contributed by atoms with Crippen molar-refractivity contribution in [2.45, 2.75) is 34.9 Å². The van der Waals surface area contributed by atoms with Crippen molar-refractivity contribution in [2.24, 2.45) is 5.41 Å². The van der Waals surface area contributed by atoms with Gasteiger partial charge >= 0.3 is 0 Å². The quantitative estimate of drug-likeness (QED) is 0.331. The maximum Gasteiger partial charge on any atom is 0.294 e. The van der Waals surface area contributed by atoms with Crippen LogP contribution in [0.2, 0.25) is 0 Å². The van der Waals surface area contributed by atoms with Gasteiger partial charge in [0.1, 0.15) is 0 Å².